The Bertz CT molecular complexity index is 599. The molecule has 4 rings (SSSR count). The molecule has 2 saturated carbocycles. The lowest BCUT2D eigenvalue weighted by molar-refractivity contribution is -0.147. The second-order valence-electron chi connectivity index (χ2n) is 11.2. The molecule has 0 aromatic rings. The molecule has 5 nitrogen and oxygen atoms in total. The normalized spacial score (nSPS) is 38.9. The summed E-state index contributed by atoms with van der Waals surface area (Å²) < 4.78 is 12.0. The summed E-state index contributed by atoms with van der Waals surface area (Å²) in [4.78, 5) is 15.4. The zero-order chi connectivity index (χ0) is 21.9. The smallest absolute Gasteiger partial charge is 0.310 e. The van der Waals surface area contributed by atoms with Gasteiger partial charge in [0.1, 0.15) is 6.10 Å². The molecular weight excluding hydrogens is 388 g/mol. The first-order chi connectivity index (χ1) is 15.0. The second-order valence-corrected chi connectivity index (χ2v) is 11.2. The van der Waals surface area contributed by atoms with Crippen LogP contribution in [0.15, 0.2) is 0 Å². The van der Waals surface area contributed by atoms with Gasteiger partial charge in [0, 0.05) is 12.5 Å². The molecule has 1 spiro atoms. The molecule has 4 fully saturated rings. The molecule has 5 heteroatoms. The molecule has 0 bridgehead atoms. The molecule has 1 N–H and O–H groups in total. The van der Waals surface area contributed by atoms with Gasteiger partial charge in [-0.3, -0.25) is 4.79 Å². The zero-order valence-corrected chi connectivity index (χ0v) is 20.3. The van der Waals surface area contributed by atoms with E-state index in [0.29, 0.717) is 17.3 Å². The van der Waals surface area contributed by atoms with E-state index in [-0.39, 0.29) is 23.6 Å². The topological polar surface area (TPSA) is 54.1 Å². The number of esters is 1. The minimum absolute atomic E-state index is 0.0311. The summed E-state index contributed by atoms with van der Waals surface area (Å²) in [6, 6.07) is 0. The number of fused-ring (bicyclic) bond motifs is 3. The van der Waals surface area contributed by atoms with E-state index in [9.17, 15) is 4.79 Å². The highest BCUT2D eigenvalue weighted by Gasteiger charge is 2.64. The van der Waals surface area contributed by atoms with Crippen molar-refractivity contribution < 1.29 is 14.3 Å². The van der Waals surface area contributed by atoms with Crippen molar-refractivity contribution in [2.75, 3.05) is 39.3 Å². The minimum atomic E-state index is 0.0311. The van der Waals surface area contributed by atoms with Gasteiger partial charge < -0.3 is 19.7 Å². The van der Waals surface area contributed by atoms with Crippen molar-refractivity contribution in [3.8, 4) is 0 Å². The van der Waals surface area contributed by atoms with Crippen LogP contribution in [0, 0.1) is 23.2 Å². The molecule has 178 valence electrons. The molecule has 31 heavy (non-hydrogen) atoms. The maximum atomic E-state index is 12.7. The lowest BCUT2D eigenvalue weighted by atomic mass is 9.53. The van der Waals surface area contributed by atoms with Crippen LogP contribution in [0.25, 0.3) is 0 Å². The third-order valence-electron chi connectivity index (χ3n) is 8.93. The van der Waals surface area contributed by atoms with Crippen molar-refractivity contribution in [2.45, 2.75) is 96.7 Å². The number of nitrogens with zero attached hydrogens (tertiary/aromatic N) is 1. The summed E-state index contributed by atoms with van der Waals surface area (Å²) in [6.45, 7) is 13.3. The van der Waals surface area contributed by atoms with Crippen LogP contribution >= 0.6 is 0 Å². The minimum Gasteiger partial charge on any atom is -0.462 e. The number of hydrogen-bond acceptors (Lipinski definition) is 5. The molecular formula is C26H46N2O3. The fraction of sp³-hybridized carbons (Fsp3) is 0.962. The van der Waals surface area contributed by atoms with Crippen LogP contribution in [0.2, 0.25) is 0 Å². The summed E-state index contributed by atoms with van der Waals surface area (Å²) in [7, 11) is 0. The summed E-state index contributed by atoms with van der Waals surface area (Å²) in [5, 5.41) is 3.62. The fourth-order valence-corrected chi connectivity index (χ4v) is 6.97. The third-order valence-corrected chi connectivity index (χ3v) is 8.93. The second kappa shape index (κ2) is 10.1. The molecule has 0 aromatic carbocycles. The summed E-state index contributed by atoms with van der Waals surface area (Å²) in [6.07, 6.45) is 12.3. The van der Waals surface area contributed by atoms with Crippen LogP contribution in [0.5, 0.6) is 0 Å². The molecule has 2 aliphatic heterocycles. The Morgan fingerprint density at radius 2 is 1.81 bits per heavy atom. The Morgan fingerprint density at radius 1 is 1.10 bits per heavy atom. The van der Waals surface area contributed by atoms with Crippen LogP contribution in [-0.4, -0.2) is 61.9 Å². The molecule has 4 aliphatic rings. The standard InChI is InChI=1S/C26H46N2O3/c1-4-6-13-28(14-7-5-2)15-9-12-27-18-21-20-16-23-25(3,17-22(20)31-24(21)29)10-8-11-26(23)19-30-26/h20-23,27H,4-19H2,1-3H3/t20-,21+,22-,23+,25+,26+/m1/s1. The van der Waals surface area contributed by atoms with E-state index in [1.54, 1.807) is 0 Å². The zero-order valence-electron chi connectivity index (χ0n) is 20.3. The van der Waals surface area contributed by atoms with Crippen molar-refractivity contribution in [1.82, 2.24) is 10.2 Å². The quantitative estimate of drug-likeness (QED) is 0.280. The highest BCUT2D eigenvalue weighted by atomic mass is 16.6. The van der Waals surface area contributed by atoms with E-state index >= 15 is 0 Å². The molecule has 0 aromatic heterocycles. The van der Waals surface area contributed by atoms with Crippen molar-refractivity contribution >= 4 is 5.97 Å². The van der Waals surface area contributed by atoms with Crippen LogP contribution in [-0.2, 0) is 14.3 Å². The van der Waals surface area contributed by atoms with E-state index in [0.717, 1.165) is 45.5 Å². The van der Waals surface area contributed by atoms with Gasteiger partial charge >= 0.3 is 5.97 Å². The molecule has 0 amide bonds. The first-order valence-electron chi connectivity index (χ1n) is 13.3. The fourth-order valence-electron chi connectivity index (χ4n) is 6.97. The lowest BCUT2D eigenvalue weighted by Gasteiger charge is -2.51. The van der Waals surface area contributed by atoms with Crippen LogP contribution in [0.1, 0.15) is 85.0 Å². The average Bonchev–Trinajstić information content (AvgIpc) is 3.45. The Kier molecular flexibility index (Phi) is 7.65. The Balaban J connectivity index is 1.24. The molecule has 2 heterocycles. The number of carbonyl (C=O) groups excluding carboxylic acids is 1. The summed E-state index contributed by atoms with van der Waals surface area (Å²) in [5.74, 6) is 1.06. The van der Waals surface area contributed by atoms with Crippen LogP contribution in [0.4, 0.5) is 0 Å². The number of unbranched alkanes of at least 4 members (excludes halogenated alkanes) is 2. The number of hydrogen-bond donors (Lipinski definition) is 1. The van der Waals surface area contributed by atoms with Crippen LogP contribution in [0.3, 0.4) is 0 Å². The molecule has 6 atom stereocenters. The SMILES string of the molecule is CCCCN(CCCC)CCCNC[C@@H]1C(=O)O[C@@H]2C[C@]3(C)CCC[C@]4(CO4)[C@H]3C[C@H]12. The van der Waals surface area contributed by atoms with Crippen molar-refractivity contribution in [2.24, 2.45) is 23.2 Å². The van der Waals surface area contributed by atoms with Gasteiger partial charge in [0.2, 0.25) is 0 Å². The number of nitrogens with one attached hydrogen (secondary N) is 1. The van der Waals surface area contributed by atoms with Crippen molar-refractivity contribution in [3.05, 3.63) is 0 Å². The molecule has 0 unspecified atom stereocenters. The average molecular weight is 435 g/mol. The first kappa shape index (κ1) is 23.5. The van der Waals surface area contributed by atoms with E-state index in [1.807, 2.05) is 0 Å². The highest BCUT2D eigenvalue weighted by molar-refractivity contribution is 5.75. The predicted octanol–water partition coefficient (Wildman–Crippen LogP) is 4.40. The molecule has 2 aliphatic carbocycles. The Labute approximate surface area is 190 Å². The van der Waals surface area contributed by atoms with Gasteiger partial charge in [-0.2, -0.15) is 0 Å². The summed E-state index contributed by atoms with van der Waals surface area (Å²) >= 11 is 0. The number of ether oxygens (including phenoxy) is 2. The van der Waals surface area contributed by atoms with Gasteiger partial charge in [-0.05, 0) is 88.9 Å². The predicted molar refractivity (Wildman–Crippen MR) is 124 cm³/mol. The maximum absolute atomic E-state index is 12.7. The van der Waals surface area contributed by atoms with Gasteiger partial charge in [-0.15, -0.1) is 0 Å². The van der Waals surface area contributed by atoms with Crippen LogP contribution < -0.4 is 5.32 Å². The molecule has 2 saturated heterocycles. The number of rotatable bonds is 12. The number of carbonyl (C=O) groups is 1. The van der Waals surface area contributed by atoms with Gasteiger partial charge in [-0.1, -0.05) is 33.6 Å². The van der Waals surface area contributed by atoms with Crippen molar-refractivity contribution in [1.29, 1.82) is 0 Å². The Hall–Kier alpha value is -0.650. The van der Waals surface area contributed by atoms with E-state index in [2.05, 4.69) is 31.0 Å². The largest absolute Gasteiger partial charge is 0.462 e. The van der Waals surface area contributed by atoms with E-state index in [4.69, 9.17) is 9.47 Å². The first-order valence-corrected chi connectivity index (χ1v) is 13.3. The highest BCUT2D eigenvalue weighted by Crippen LogP contribution is 2.62. The van der Waals surface area contributed by atoms with E-state index in [1.165, 1.54) is 58.0 Å². The van der Waals surface area contributed by atoms with Gasteiger partial charge in [0.25, 0.3) is 0 Å². The molecule has 0 radical (unpaired) electrons. The lowest BCUT2D eigenvalue weighted by Crippen LogP contribution is -2.51. The number of epoxide rings is 1. The van der Waals surface area contributed by atoms with Gasteiger partial charge in [-0.25, -0.2) is 0 Å². The van der Waals surface area contributed by atoms with Gasteiger partial charge in [0.15, 0.2) is 0 Å². The Morgan fingerprint density at radius 3 is 2.48 bits per heavy atom. The monoisotopic (exact) mass is 434 g/mol. The summed E-state index contributed by atoms with van der Waals surface area (Å²) in [5.41, 5.74) is 0.432. The van der Waals surface area contributed by atoms with E-state index < -0.39 is 0 Å². The maximum Gasteiger partial charge on any atom is 0.310 e. The van der Waals surface area contributed by atoms with Gasteiger partial charge in [0.05, 0.1) is 18.1 Å². The van der Waals surface area contributed by atoms with Crippen molar-refractivity contribution in [3.63, 3.8) is 0 Å². The third kappa shape index (κ3) is 5.14.